The van der Waals surface area contributed by atoms with Crippen LogP contribution < -0.4 is 5.32 Å². The number of terminal acetylenes is 1. The van der Waals surface area contributed by atoms with Gasteiger partial charge in [-0.2, -0.15) is 0 Å². The zero-order chi connectivity index (χ0) is 12.6. The van der Waals surface area contributed by atoms with Crippen molar-refractivity contribution in [2.45, 2.75) is 0 Å². The van der Waals surface area contributed by atoms with E-state index in [1.165, 1.54) is 6.26 Å². The third kappa shape index (κ3) is 6.84. The summed E-state index contributed by atoms with van der Waals surface area (Å²) in [6.07, 6.45) is 6.52. The molecule has 2 N–H and O–H groups in total. The number of hydrogen-bond donors (Lipinski definition) is 2. The van der Waals surface area contributed by atoms with Gasteiger partial charge in [-0.1, -0.05) is 5.92 Å². The highest BCUT2D eigenvalue weighted by Crippen LogP contribution is 1.89. The molecule has 0 fully saturated rings. The number of amides is 2. The number of carboxylic acids is 1. The maximum Gasteiger partial charge on any atom is 0.323 e. The predicted octanol–water partition coefficient (Wildman–Crippen LogP) is -0.906. The van der Waals surface area contributed by atoms with E-state index < -0.39 is 29.3 Å². The molecular formula is C9H14N2O4S. The van der Waals surface area contributed by atoms with E-state index in [1.807, 2.05) is 0 Å². The Morgan fingerprint density at radius 1 is 1.56 bits per heavy atom. The van der Waals surface area contributed by atoms with Crippen LogP contribution in [0.25, 0.3) is 0 Å². The van der Waals surface area contributed by atoms with E-state index >= 15 is 0 Å². The molecule has 6 nitrogen and oxygen atoms in total. The number of nitrogens with one attached hydrogen (secondary N) is 1. The number of hydrogen-bond acceptors (Lipinski definition) is 3. The molecule has 0 heterocycles. The molecule has 0 aromatic rings. The molecule has 0 aliphatic rings. The van der Waals surface area contributed by atoms with Gasteiger partial charge in [-0.25, -0.2) is 4.79 Å². The molecule has 0 bridgehead atoms. The van der Waals surface area contributed by atoms with E-state index in [0.717, 1.165) is 4.90 Å². The third-order valence-electron chi connectivity index (χ3n) is 1.56. The van der Waals surface area contributed by atoms with Gasteiger partial charge in [-0.15, -0.1) is 6.42 Å². The molecule has 7 heteroatoms. The normalized spacial score (nSPS) is 11.2. The summed E-state index contributed by atoms with van der Waals surface area (Å²) in [6.45, 7) is -0.304. The second-order valence-electron chi connectivity index (χ2n) is 2.96. The first-order valence-electron chi connectivity index (χ1n) is 4.45. The van der Waals surface area contributed by atoms with Gasteiger partial charge in [0.1, 0.15) is 6.54 Å². The second-order valence-corrected chi connectivity index (χ2v) is 4.52. The van der Waals surface area contributed by atoms with Gasteiger partial charge in [0.2, 0.25) is 0 Å². The fraction of sp³-hybridized carbons (Fsp3) is 0.556. The number of aliphatic carboxylic acids is 1. The summed E-state index contributed by atoms with van der Waals surface area (Å²) >= 11 is 0. The molecular weight excluding hydrogens is 232 g/mol. The van der Waals surface area contributed by atoms with Crippen molar-refractivity contribution in [1.29, 1.82) is 0 Å². The van der Waals surface area contributed by atoms with Crippen LogP contribution in [0.1, 0.15) is 0 Å². The minimum absolute atomic E-state index is 0.0760. The monoisotopic (exact) mass is 246 g/mol. The molecule has 1 atom stereocenters. The Hall–Kier alpha value is -1.55. The highest BCUT2D eigenvalue weighted by molar-refractivity contribution is 7.84. The Morgan fingerprint density at radius 2 is 2.19 bits per heavy atom. The van der Waals surface area contributed by atoms with Gasteiger partial charge < -0.3 is 15.3 Å². The van der Waals surface area contributed by atoms with Crippen LogP contribution in [-0.2, 0) is 15.6 Å². The first-order valence-corrected chi connectivity index (χ1v) is 6.18. The Bertz CT molecular complexity index is 324. The molecule has 0 saturated heterocycles. The third-order valence-corrected chi connectivity index (χ3v) is 2.34. The van der Waals surface area contributed by atoms with Crippen molar-refractivity contribution >= 4 is 22.8 Å². The standard InChI is InChI=1S/C9H14N2O4S/c1-3-5-11(7-8(12)13)9(14)10-4-6-16(2)15/h1H,4-7H2,2H3,(H,10,14)(H,12,13). The van der Waals surface area contributed by atoms with Gasteiger partial charge >= 0.3 is 12.0 Å². The number of carbonyl (C=O) groups is 2. The average Bonchev–Trinajstić information content (AvgIpc) is 2.15. The molecule has 0 aliphatic carbocycles. The van der Waals surface area contributed by atoms with Gasteiger partial charge in [0.15, 0.2) is 0 Å². The van der Waals surface area contributed by atoms with Crippen molar-refractivity contribution in [3.63, 3.8) is 0 Å². The maximum absolute atomic E-state index is 11.4. The highest BCUT2D eigenvalue weighted by Gasteiger charge is 2.14. The summed E-state index contributed by atoms with van der Waals surface area (Å²) in [5, 5.41) is 11.0. The first-order chi connectivity index (χ1) is 7.47. The predicted molar refractivity (Wildman–Crippen MR) is 60.4 cm³/mol. The molecule has 0 spiro atoms. The summed E-state index contributed by atoms with van der Waals surface area (Å²) in [7, 11) is -1.000. The second kappa shape index (κ2) is 7.70. The number of carbonyl (C=O) groups excluding carboxylic acids is 1. The van der Waals surface area contributed by atoms with E-state index in [2.05, 4.69) is 11.2 Å². The summed E-state index contributed by atoms with van der Waals surface area (Å²) in [5.74, 6) is 1.38. The summed E-state index contributed by atoms with van der Waals surface area (Å²) < 4.78 is 10.7. The molecule has 0 aromatic carbocycles. The van der Waals surface area contributed by atoms with E-state index in [4.69, 9.17) is 11.5 Å². The largest absolute Gasteiger partial charge is 0.480 e. The molecule has 2 amide bonds. The zero-order valence-electron chi connectivity index (χ0n) is 8.93. The molecule has 1 unspecified atom stereocenters. The summed E-state index contributed by atoms with van der Waals surface area (Å²) in [4.78, 5) is 22.8. The SMILES string of the molecule is C#CCN(CC(=O)O)C(=O)NCCS(C)=O. The lowest BCUT2D eigenvalue weighted by atomic mass is 10.5. The summed E-state index contributed by atoms with van der Waals surface area (Å²) in [5.41, 5.74) is 0. The summed E-state index contributed by atoms with van der Waals surface area (Å²) in [6, 6.07) is -0.564. The Balaban J connectivity index is 4.12. The van der Waals surface area contributed by atoms with Gasteiger partial charge in [0.25, 0.3) is 0 Å². The Labute approximate surface area is 96.5 Å². The molecule has 0 aliphatic heterocycles. The van der Waals surface area contributed by atoms with Gasteiger partial charge in [-0.05, 0) is 0 Å². The minimum Gasteiger partial charge on any atom is -0.480 e. The van der Waals surface area contributed by atoms with Crippen LogP contribution in [0.3, 0.4) is 0 Å². The fourth-order valence-electron chi connectivity index (χ4n) is 0.886. The van der Waals surface area contributed by atoms with Crippen molar-refractivity contribution in [1.82, 2.24) is 10.2 Å². The van der Waals surface area contributed by atoms with E-state index in [-0.39, 0.29) is 13.1 Å². The van der Waals surface area contributed by atoms with E-state index in [9.17, 15) is 13.8 Å². The smallest absolute Gasteiger partial charge is 0.323 e. The van der Waals surface area contributed by atoms with Crippen LogP contribution in [0.15, 0.2) is 0 Å². The average molecular weight is 246 g/mol. The van der Waals surface area contributed by atoms with Gasteiger partial charge in [0, 0.05) is 29.4 Å². The maximum atomic E-state index is 11.4. The van der Waals surface area contributed by atoms with Crippen molar-refractivity contribution in [2.75, 3.05) is 31.6 Å². The Morgan fingerprint density at radius 3 is 2.62 bits per heavy atom. The van der Waals surface area contributed by atoms with Crippen LogP contribution in [0.2, 0.25) is 0 Å². The quantitative estimate of drug-likeness (QED) is 0.594. The van der Waals surface area contributed by atoms with Crippen molar-refractivity contribution in [3.8, 4) is 12.3 Å². The van der Waals surface area contributed by atoms with Gasteiger partial charge in [-0.3, -0.25) is 9.00 Å². The van der Waals surface area contributed by atoms with Crippen LogP contribution in [0.4, 0.5) is 4.79 Å². The topological polar surface area (TPSA) is 86.7 Å². The Kier molecular flexibility index (Phi) is 6.96. The van der Waals surface area contributed by atoms with Gasteiger partial charge in [0.05, 0.1) is 6.54 Å². The van der Waals surface area contributed by atoms with E-state index in [0.29, 0.717) is 5.75 Å². The van der Waals surface area contributed by atoms with Crippen molar-refractivity contribution < 1.29 is 18.9 Å². The van der Waals surface area contributed by atoms with Crippen LogP contribution in [0.5, 0.6) is 0 Å². The molecule has 0 aromatic heterocycles. The molecule has 0 saturated carbocycles. The number of nitrogens with zero attached hydrogens (tertiary/aromatic N) is 1. The van der Waals surface area contributed by atoms with Crippen molar-refractivity contribution in [2.24, 2.45) is 0 Å². The lowest BCUT2D eigenvalue weighted by Crippen LogP contribution is -2.44. The zero-order valence-corrected chi connectivity index (χ0v) is 9.75. The first kappa shape index (κ1) is 14.5. The lowest BCUT2D eigenvalue weighted by molar-refractivity contribution is -0.137. The molecule has 0 radical (unpaired) electrons. The fourth-order valence-corrected chi connectivity index (χ4v) is 1.28. The number of carboxylic acid groups (broad SMARTS) is 1. The lowest BCUT2D eigenvalue weighted by Gasteiger charge is -2.18. The number of rotatable bonds is 6. The molecule has 0 rings (SSSR count). The highest BCUT2D eigenvalue weighted by atomic mass is 32.2. The van der Waals surface area contributed by atoms with Crippen LogP contribution >= 0.6 is 0 Å². The van der Waals surface area contributed by atoms with Crippen LogP contribution in [0, 0.1) is 12.3 Å². The van der Waals surface area contributed by atoms with Crippen LogP contribution in [-0.4, -0.2) is 57.9 Å². The van der Waals surface area contributed by atoms with Crippen molar-refractivity contribution in [3.05, 3.63) is 0 Å². The number of urea groups is 1. The molecule has 90 valence electrons. The minimum atomic E-state index is -1.13. The van der Waals surface area contributed by atoms with E-state index in [1.54, 1.807) is 0 Å². The molecule has 16 heavy (non-hydrogen) atoms.